The highest BCUT2D eigenvalue weighted by molar-refractivity contribution is 6.39. The van der Waals surface area contributed by atoms with Crippen LogP contribution in [-0.2, 0) is 9.59 Å². The zero-order chi connectivity index (χ0) is 13.3. The Hall–Kier alpha value is -1.69. The molecule has 0 radical (unpaired) electrons. The summed E-state index contributed by atoms with van der Waals surface area (Å²) >= 11 is 0. The van der Waals surface area contributed by atoms with Gasteiger partial charge in [0.25, 0.3) is 5.91 Å². The van der Waals surface area contributed by atoms with Crippen molar-refractivity contribution in [3.05, 3.63) is 11.8 Å². The van der Waals surface area contributed by atoms with Gasteiger partial charge in [0, 0.05) is 13.5 Å². The molecule has 2 rings (SSSR count). The van der Waals surface area contributed by atoms with Crippen LogP contribution in [-0.4, -0.2) is 36.3 Å². The van der Waals surface area contributed by atoms with E-state index in [1.54, 1.807) is 6.08 Å². The predicted octanol–water partition coefficient (Wildman–Crippen LogP) is -0.665. The predicted molar refractivity (Wildman–Crippen MR) is 65.6 cm³/mol. The van der Waals surface area contributed by atoms with Crippen LogP contribution in [0.4, 0.5) is 0 Å². The van der Waals surface area contributed by atoms with Crippen LogP contribution < -0.4 is 11.1 Å². The Labute approximate surface area is 105 Å². The summed E-state index contributed by atoms with van der Waals surface area (Å²) < 4.78 is 0. The molecule has 0 aromatic rings. The largest absolute Gasteiger partial charge is 0.390 e. The Bertz CT molecular complexity index is 451. The lowest BCUT2D eigenvalue weighted by Crippen LogP contribution is -2.44. The molecule has 0 bridgehead atoms. The Balaban J connectivity index is 2.39. The molecule has 0 spiro atoms. The molecule has 2 amide bonds. The molecule has 0 aromatic heterocycles. The van der Waals surface area contributed by atoms with Crippen molar-refractivity contribution in [1.82, 2.24) is 5.32 Å². The topological polar surface area (TPSA) is 105 Å². The third-order valence-corrected chi connectivity index (χ3v) is 3.58. The van der Waals surface area contributed by atoms with E-state index in [9.17, 15) is 14.7 Å². The van der Waals surface area contributed by atoms with E-state index in [1.165, 1.54) is 7.05 Å². The molecule has 0 aromatic carbocycles. The van der Waals surface area contributed by atoms with Crippen LogP contribution >= 0.6 is 0 Å². The van der Waals surface area contributed by atoms with Crippen molar-refractivity contribution in [2.45, 2.75) is 19.3 Å². The van der Waals surface area contributed by atoms with E-state index in [0.29, 0.717) is 5.70 Å². The summed E-state index contributed by atoms with van der Waals surface area (Å²) in [5.74, 6) is -0.626. The number of amides is 2. The van der Waals surface area contributed by atoms with Gasteiger partial charge in [0.15, 0.2) is 0 Å². The fourth-order valence-corrected chi connectivity index (χ4v) is 2.45. The smallest absolute Gasteiger partial charge is 0.265 e. The van der Waals surface area contributed by atoms with Crippen LogP contribution in [0.15, 0.2) is 16.8 Å². The summed E-state index contributed by atoms with van der Waals surface area (Å²) in [7, 11) is 1.50. The van der Waals surface area contributed by atoms with Gasteiger partial charge >= 0.3 is 0 Å². The number of nitrogens with two attached hydrogens (primary N) is 1. The fourth-order valence-electron chi connectivity index (χ4n) is 2.45. The first-order valence-corrected chi connectivity index (χ1v) is 5.95. The molecule has 4 N–H and O–H groups in total. The third-order valence-electron chi connectivity index (χ3n) is 3.58. The molecule has 1 aliphatic heterocycles. The van der Waals surface area contributed by atoms with Gasteiger partial charge in [-0.15, -0.1) is 0 Å². The molecule has 0 saturated heterocycles. The molecule has 1 saturated carbocycles. The van der Waals surface area contributed by atoms with E-state index in [4.69, 9.17) is 5.73 Å². The zero-order valence-corrected chi connectivity index (χ0v) is 10.3. The minimum Gasteiger partial charge on any atom is -0.390 e. The van der Waals surface area contributed by atoms with Gasteiger partial charge in [0.2, 0.25) is 5.91 Å². The average molecular weight is 251 g/mol. The number of primary amides is 1. The van der Waals surface area contributed by atoms with Crippen molar-refractivity contribution in [2.24, 2.45) is 22.1 Å². The first-order chi connectivity index (χ1) is 8.53. The fraction of sp³-hybridized carbons (Fsp3) is 0.583. The maximum atomic E-state index is 11.8. The van der Waals surface area contributed by atoms with Crippen LogP contribution in [0.2, 0.25) is 0 Å². The Morgan fingerprint density at radius 2 is 2.28 bits per heavy atom. The van der Waals surface area contributed by atoms with Crippen molar-refractivity contribution < 1.29 is 14.7 Å². The minimum absolute atomic E-state index is 0.159. The van der Waals surface area contributed by atoms with Gasteiger partial charge < -0.3 is 16.2 Å². The molecule has 1 aliphatic carbocycles. The number of carbonyl (C=O) groups excluding carboxylic acids is 2. The van der Waals surface area contributed by atoms with E-state index >= 15 is 0 Å². The highest BCUT2D eigenvalue weighted by Crippen LogP contribution is 2.50. The van der Waals surface area contributed by atoms with Crippen molar-refractivity contribution in [3.8, 4) is 0 Å². The standard InChI is InChI=1S/C12H17N3O3/c1-14-10(17)9-5-12(11(13)18,7-2-3-7)4-8(6-16)15-9/h4,7,16H,2-3,5-6H2,1H3,(H2,13,18)(H,14,17). The van der Waals surface area contributed by atoms with Gasteiger partial charge in [-0.05, 0) is 24.8 Å². The molecule has 1 fully saturated rings. The second kappa shape index (κ2) is 4.53. The van der Waals surface area contributed by atoms with E-state index in [2.05, 4.69) is 10.3 Å². The lowest BCUT2D eigenvalue weighted by molar-refractivity contribution is -0.126. The van der Waals surface area contributed by atoms with E-state index in [0.717, 1.165) is 12.8 Å². The monoisotopic (exact) mass is 251 g/mol. The number of nitrogens with one attached hydrogen (secondary N) is 1. The highest BCUT2D eigenvalue weighted by Gasteiger charge is 2.51. The molecule has 18 heavy (non-hydrogen) atoms. The number of hydrogen-bond donors (Lipinski definition) is 3. The number of aliphatic imine (C=N–C) groups is 1. The number of aliphatic hydroxyl groups excluding tert-OH is 1. The Morgan fingerprint density at radius 3 is 2.72 bits per heavy atom. The molecule has 1 atom stereocenters. The van der Waals surface area contributed by atoms with E-state index in [1.807, 2.05) is 0 Å². The van der Waals surface area contributed by atoms with Crippen LogP contribution in [0.3, 0.4) is 0 Å². The van der Waals surface area contributed by atoms with Crippen LogP contribution in [0.5, 0.6) is 0 Å². The zero-order valence-electron chi connectivity index (χ0n) is 10.3. The molecule has 6 heteroatoms. The van der Waals surface area contributed by atoms with Crippen molar-refractivity contribution in [3.63, 3.8) is 0 Å². The quantitative estimate of drug-likeness (QED) is 0.617. The average Bonchev–Trinajstić information content (AvgIpc) is 3.21. The SMILES string of the molecule is CNC(=O)C1=NC(CO)=CC(C(N)=O)(C2CC2)C1. The highest BCUT2D eigenvalue weighted by atomic mass is 16.3. The van der Waals surface area contributed by atoms with Gasteiger partial charge in [-0.2, -0.15) is 0 Å². The summed E-state index contributed by atoms with van der Waals surface area (Å²) in [5, 5.41) is 11.7. The van der Waals surface area contributed by atoms with Crippen molar-refractivity contribution >= 4 is 17.5 Å². The Morgan fingerprint density at radius 1 is 1.61 bits per heavy atom. The van der Waals surface area contributed by atoms with Crippen molar-refractivity contribution in [2.75, 3.05) is 13.7 Å². The lowest BCUT2D eigenvalue weighted by atomic mass is 9.74. The molecule has 1 heterocycles. The number of aliphatic hydroxyl groups is 1. The summed E-state index contributed by atoms with van der Waals surface area (Å²) in [5.41, 5.74) is 5.25. The van der Waals surface area contributed by atoms with E-state index in [-0.39, 0.29) is 30.6 Å². The molecular formula is C12H17N3O3. The summed E-state index contributed by atoms with van der Waals surface area (Å²) in [6.45, 7) is -0.303. The lowest BCUT2D eigenvalue weighted by Gasteiger charge is -2.31. The molecule has 2 aliphatic rings. The second-order valence-corrected chi connectivity index (χ2v) is 4.79. The maximum absolute atomic E-state index is 11.8. The van der Waals surface area contributed by atoms with E-state index < -0.39 is 11.3 Å². The molecule has 1 unspecified atom stereocenters. The number of carbonyl (C=O) groups is 2. The first kappa shape index (κ1) is 12.8. The van der Waals surface area contributed by atoms with Crippen LogP contribution in [0.25, 0.3) is 0 Å². The summed E-state index contributed by atoms with van der Waals surface area (Å²) in [6.07, 6.45) is 3.69. The normalized spacial score (nSPS) is 27.2. The maximum Gasteiger partial charge on any atom is 0.265 e. The summed E-state index contributed by atoms with van der Waals surface area (Å²) in [6, 6.07) is 0. The van der Waals surface area contributed by atoms with Crippen molar-refractivity contribution in [1.29, 1.82) is 0 Å². The number of nitrogens with zero attached hydrogens (tertiary/aromatic N) is 1. The van der Waals surface area contributed by atoms with Gasteiger partial charge in [0.05, 0.1) is 17.7 Å². The van der Waals surface area contributed by atoms with Gasteiger partial charge in [0.1, 0.15) is 5.71 Å². The molecular weight excluding hydrogens is 234 g/mol. The molecule has 98 valence electrons. The number of rotatable bonds is 4. The van der Waals surface area contributed by atoms with Gasteiger partial charge in [-0.25, -0.2) is 4.99 Å². The van der Waals surface area contributed by atoms with Crippen LogP contribution in [0.1, 0.15) is 19.3 Å². The second-order valence-electron chi connectivity index (χ2n) is 4.79. The Kier molecular flexibility index (Phi) is 3.21. The summed E-state index contributed by atoms with van der Waals surface area (Å²) in [4.78, 5) is 27.5. The van der Waals surface area contributed by atoms with Crippen LogP contribution in [0, 0.1) is 11.3 Å². The van der Waals surface area contributed by atoms with Gasteiger partial charge in [-0.1, -0.05) is 0 Å². The number of hydrogen-bond acceptors (Lipinski definition) is 4. The molecule has 6 nitrogen and oxygen atoms in total. The third kappa shape index (κ3) is 2.03. The minimum atomic E-state index is -0.859. The van der Waals surface area contributed by atoms with Gasteiger partial charge in [-0.3, -0.25) is 9.59 Å². The first-order valence-electron chi connectivity index (χ1n) is 5.95.